The molecule has 3 rings (SSSR count). The lowest BCUT2D eigenvalue weighted by molar-refractivity contribution is 0.433. The van der Waals surface area contributed by atoms with Crippen LogP contribution < -0.4 is 4.90 Å². The number of rotatable bonds is 3. The lowest BCUT2D eigenvalue weighted by atomic mass is 10.1. The van der Waals surface area contributed by atoms with Crippen LogP contribution in [0.5, 0.6) is 0 Å². The minimum Gasteiger partial charge on any atom is -0.369 e. The SMILES string of the molecule is N#Cc1cc(Cl)ccc1N1CCCN(S(=O)(=O)c2ccccc2)CC1. The Labute approximate surface area is 153 Å². The van der Waals surface area contributed by atoms with Crippen LogP contribution in [0.2, 0.25) is 5.02 Å². The third-order valence-electron chi connectivity index (χ3n) is 4.26. The van der Waals surface area contributed by atoms with E-state index in [2.05, 4.69) is 11.0 Å². The summed E-state index contributed by atoms with van der Waals surface area (Å²) in [5.74, 6) is 0. The zero-order valence-corrected chi connectivity index (χ0v) is 15.2. The van der Waals surface area contributed by atoms with Gasteiger partial charge in [-0.3, -0.25) is 0 Å². The molecule has 0 aliphatic carbocycles. The average molecular weight is 376 g/mol. The normalized spacial score (nSPS) is 16.2. The molecule has 2 aromatic carbocycles. The molecule has 0 unspecified atom stereocenters. The van der Waals surface area contributed by atoms with Gasteiger partial charge in [0.25, 0.3) is 0 Å². The summed E-state index contributed by atoms with van der Waals surface area (Å²) >= 11 is 5.96. The summed E-state index contributed by atoms with van der Waals surface area (Å²) in [6.07, 6.45) is 0.694. The molecule has 0 aromatic heterocycles. The Morgan fingerprint density at radius 2 is 1.76 bits per heavy atom. The number of nitrogens with zero attached hydrogens (tertiary/aromatic N) is 3. The van der Waals surface area contributed by atoms with E-state index in [9.17, 15) is 13.7 Å². The first-order valence-electron chi connectivity index (χ1n) is 8.02. The van der Waals surface area contributed by atoms with Gasteiger partial charge in [0, 0.05) is 31.2 Å². The molecule has 0 bridgehead atoms. The number of halogens is 1. The van der Waals surface area contributed by atoms with Crippen LogP contribution in [0.15, 0.2) is 53.4 Å². The van der Waals surface area contributed by atoms with E-state index >= 15 is 0 Å². The van der Waals surface area contributed by atoms with E-state index < -0.39 is 10.0 Å². The Morgan fingerprint density at radius 1 is 1.00 bits per heavy atom. The maximum absolute atomic E-state index is 12.8. The van der Waals surface area contributed by atoms with Crippen LogP contribution in [-0.4, -0.2) is 38.9 Å². The van der Waals surface area contributed by atoms with Crippen molar-refractivity contribution in [2.75, 3.05) is 31.1 Å². The summed E-state index contributed by atoms with van der Waals surface area (Å²) in [6.45, 7) is 2.06. The van der Waals surface area contributed by atoms with E-state index in [1.165, 1.54) is 4.31 Å². The third-order valence-corrected chi connectivity index (χ3v) is 6.40. The first kappa shape index (κ1) is 17.7. The smallest absolute Gasteiger partial charge is 0.243 e. The van der Waals surface area contributed by atoms with Crippen LogP contribution in [0, 0.1) is 11.3 Å². The average Bonchev–Trinajstić information content (AvgIpc) is 2.89. The molecule has 1 aliphatic rings. The van der Waals surface area contributed by atoms with Gasteiger partial charge in [-0.05, 0) is 36.8 Å². The van der Waals surface area contributed by atoms with Crippen molar-refractivity contribution < 1.29 is 8.42 Å². The molecule has 0 saturated carbocycles. The van der Waals surface area contributed by atoms with Crippen molar-refractivity contribution in [3.63, 3.8) is 0 Å². The second-order valence-corrected chi connectivity index (χ2v) is 8.21. The van der Waals surface area contributed by atoms with E-state index in [0.717, 1.165) is 5.69 Å². The van der Waals surface area contributed by atoms with Crippen molar-refractivity contribution in [3.8, 4) is 6.07 Å². The number of sulfonamides is 1. The molecule has 1 aliphatic heterocycles. The molecular weight excluding hydrogens is 358 g/mol. The summed E-state index contributed by atoms with van der Waals surface area (Å²) in [4.78, 5) is 2.36. The van der Waals surface area contributed by atoms with Gasteiger partial charge in [-0.2, -0.15) is 9.57 Å². The molecule has 0 amide bonds. The Kier molecular flexibility index (Phi) is 5.28. The second-order valence-electron chi connectivity index (χ2n) is 5.83. The fraction of sp³-hybridized carbons (Fsp3) is 0.278. The summed E-state index contributed by atoms with van der Waals surface area (Å²) in [5, 5.41) is 9.85. The van der Waals surface area contributed by atoms with E-state index in [0.29, 0.717) is 48.1 Å². The standard InChI is InChI=1S/C18H18ClN3O2S/c19-16-7-8-18(15(13-16)14-20)21-9-4-10-22(12-11-21)25(23,24)17-5-2-1-3-6-17/h1-3,5-8,13H,4,9-12H2. The number of nitriles is 1. The van der Waals surface area contributed by atoms with Gasteiger partial charge < -0.3 is 4.90 Å². The van der Waals surface area contributed by atoms with Gasteiger partial charge in [-0.25, -0.2) is 8.42 Å². The molecule has 1 heterocycles. The maximum atomic E-state index is 12.8. The molecule has 1 fully saturated rings. The van der Waals surface area contributed by atoms with Crippen LogP contribution >= 0.6 is 11.6 Å². The Hall–Kier alpha value is -2.07. The van der Waals surface area contributed by atoms with Crippen LogP contribution in [0.3, 0.4) is 0 Å². The molecule has 5 nitrogen and oxygen atoms in total. The van der Waals surface area contributed by atoms with E-state index in [1.54, 1.807) is 42.5 Å². The van der Waals surface area contributed by atoms with Crippen LogP contribution in [0.4, 0.5) is 5.69 Å². The first-order chi connectivity index (χ1) is 12.0. The maximum Gasteiger partial charge on any atom is 0.243 e. The zero-order chi connectivity index (χ0) is 17.9. The van der Waals surface area contributed by atoms with Crippen molar-refractivity contribution >= 4 is 27.3 Å². The lowest BCUT2D eigenvalue weighted by Crippen LogP contribution is -2.35. The van der Waals surface area contributed by atoms with Crippen molar-refractivity contribution in [1.82, 2.24) is 4.31 Å². The highest BCUT2D eigenvalue weighted by Gasteiger charge is 2.27. The van der Waals surface area contributed by atoms with Gasteiger partial charge in [0.2, 0.25) is 10.0 Å². The molecule has 0 N–H and O–H groups in total. The van der Waals surface area contributed by atoms with Crippen molar-refractivity contribution in [3.05, 3.63) is 59.1 Å². The second kappa shape index (κ2) is 7.44. The van der Waals surface area contributed by atoms with Gasteiger partial charge in [0.05, 0.1) is 16.1 Å². The molecule has 1 saturated heterocycles. The molecule has 7 heteroatoms. The van der Waals surface area contributed by atoms with Gasteiger partial charge in [0.1, 0.15) is 6.07 Å². The largest absolute Gasteiger partial charge is 0.369 e. The molecule has 0 atom stereocenters. The number of anilines is 1. The number of hydrogen-bond donors (Lipinski definition) is 0. The first-order valence-corrected chi connectivity index (χ1v) is 9.84. The van der Waals surface area contributed by atoms with Crippen LogP contribution in [0.25, 0.3) is 0 Å². The molecule has 25 heavy (non-hydrogen) atoms. The fourth-order valence-corrected chi connectivity index (χ4v) is 4.65. The molecule has 0 spiro atoms. The van der Waals surface area contributed by atoms with Crippen molar-refractivity contribution in [2.24, 2.45) is 0 Å². The predicted molar refractivity (Wildman–Crippen MR) is 98.2 cm³/mol. The Bertz CT molecular complexity index is 894. The van der Waals surface area contributed by atoms with Crippen LogP contribution in [-0.2, 0) is 10.0 Å². The number of benzene rings is 2. The summed E-state index contributed by atoms with van der Waals surface area (Å²) in [7, 11) is -3.49. The number of hydrogen-bond acceptors (Lipinski definition) is 4. The monoisotopic (exact) mass is 375 g/mol. The highest BCUT2D eigenvalue weighted by Crippen LogP contribution is 2.26. The highest BCUT2D eigenvalue weighted by molar-refractivity contribution is 7.89. The summed E-state index contributed by atoms with van der Waals surface area (Å²) in [5.41, 5.74) is 1.30. The van der Waals surface area contributed by atoms with E-state index in [-0.39, 0.29) is 0 Å². The molecule has 0 radical (unpaired) electrons. The van der Waals surface area contributed by atoms with E-state index in [1.807, 2.05) is 6.07 Å². The molecule has 2 aromatic rings. The zero-order valence-electron chi connectivity index (χ0n) is 13.6. The van der Waals surface area contributed by atoms with Crippen molar-refractivity contribution in [1.29, 1.82) is 5.26 Å². The van der Waals surface area contributed by atoms with Crippen molar-refractivity contribution in [2.45, 2.75) is 11.3 Å². The summed E-state index contributed by atoms with van der Waals surface area (Å²) < 4.78 is 27.1. The van der Waals surface area contributed by atoms with Gasteiger partial charge in [-0.1, -0.05) is 29.8 Å². The predicted octanol–water partition coefficient (Wildman–Crippen LogP) is 3.11. The Morgan fingerprint density at radius 3 is 2.48 bits per heavy atom. The lowest BCUT2D eigenvalue weighted by Gasteiger charge is -2.24. The Balaban J connectivity index is 1.81. The minimum absolute atomic E-state index is 0.313. The van der Waals surface area contributed by atoms with Gasteiger partial charge in [0.15, 0.2) is 0 Å². The quantitative estimate of drug-likeness (QED) is 0.826. The highest BCUT2D eigenvalue weighted by atomic mass is 35.5. The molecular formula is C18H18ClN3O2S. The molecule has 130 valence electrons. The van der Waals surface area contributed by atoms with Gasteiger partial charge >= 0.3 is 0 Å². The minimum atomic E-state index is -3.49. The summed E-state index contributed by atoms with van der Waals surface area (Å²) in [6, 6.07) is 15.9. The van der Waals surface area contributed by atoms with E-state index in [4.69, 9.17) is 11.6 Å². The fourth-order valence-electron chi connectivity index (χ4n) is 2.99. The van der Waals surface area contributed by atoms with Gasteiger partial charge in [-0.15, -0.1) is 0 Å². The van der Waals surface area contributed by atoms with Crippen LogP contribution in [0.1, 0.15) is 12.0 Å². The topological polar surface area (TPSA) is 64.4 Å². The third kappa shape index (κ3) is 3.79.